The first-order chi connectivity index (χ1) is 16.6. The quantitative estimate of drug-likeness (QED) is 0.455. The Morgan fingerprint density at radius 1 is 0.853 bits per heavy atom. The Morgan fingerprint density at radius 3 is 2.26 bits per heavy atom. The van der Waals surface area contributed by atoms with Gasteiger partial charge >= 0.3 is 0 Å². The number of hydrogen-bond acceptors (Lipinski definition) is 5. The highest BCUT2D eigenvalue weighted by Crippen LogP contribution is 2.24. The van der Waals surface area contributed by atoms with E-state index in [1.165, 1.54) is 13.3 Å². The SMILES string of the molecule is CC(=O)Nc1ccc(Nc2nc3cccc(-c4ccc(C(=O)N5CCCCC5)cc4)n3n2)cc1. The van der Waals surface area contributed by atoms with Crippen molar-refractivity contribution in [3.05, 3.63) is 72.3 Å². The second kappa shape index (κ2) is 9.35. The molecule has 3 heterocycles. The molecule has 1 fully saturated rings. The standard InChI is InChI=1S/C26H26N6O2/c1-18(33)27-21-12-14-22(15-13-21)28-26-29-24-7-5-6-23(32(24)30-26)19-8-10-20(11-9-19)25(34)31-16-3-2-4-17-31/h5-15H,2-4,16-17H2,1H3,(H,27,33)(H,28,30). The van der Waals surface area contributed by atoms with Gasteiger partial charge in [-0.3, -0.25) is 9.59 Å². The summed E-state index contributed by atoms with van der Waals surface area (Å²) in [5.41, 5.74) is 4.80. The van der Waals surface area contributed by atoms with Gasteiger partial charge in [0.05, 0.1) is 5.69 Å². The molecule has 0 unspecified atom stereocenters. The Kier molecular flexibility index (Phi) is 5.95. The topological polar surface area (TPSA) is 91.6 Å². The highest BCUT2D eigenvalue weighted by atomic mass is 16.2. The monoisotopic (exact) mass is 454 g/mol. The Morgan fingerprint density at radius 2 is 1.56 bits per heavy atom. The van der Waals surface area contributed by atoms with E-state index in [2.05, 4.69) is 20.7 Å². The van der Waals surface area contributed by atoms with Gasteiger partial charge in [-0.2, -0.15) is 4.98 Å². The van der Waals surface area contributed by atoms with Gasteiger partial charge in [0.15, 0.2) is 5.65 Å². The molecule has 4 aromatic rings. The van der Waals surface area contributed by atoms with Gasteiger partial charge in [0.2, 0.25) is 11.9 Å². The number of rotatable bonds is 5. The van der Waals surface area contributed by atoms with Gasteiger partial charge < -0.3 is 15.5 Å². The van der Waals surface area contributed by atoms with Crippen molar-refractivity contribution in [2.45, 2.75) is 26.2 Å². The zero-order valence-corrected chi connectivity index (χ0v) is 19.0. The van der Waals surface area contributed by atoms with Gasteiger partial charge in [-0.1, -0.05) is 18.2 Å². The molecule has 2 aromatic carbocycles. The molecule has 1 aliphatic rings. The van der Waals surface area contributed by atoms with Crippen LogP contribution in [0.5, 0.6) is 0 Å². The van der Waals surface area contributed by atoms with Crippen molar-refractivity contribution < 1.29 is 9.59 Å². The predicted octanol–water partition coefficient (Wildman–Crippen LogP) is 4.72. The van der Waals surface area contributed by atoms with Crippen LogP contribution >= 0.6 is 0 Å². The summed E-state index contributed by atoms with van der Waals surface area (Å²) < 4.78 is 1.79. The minimum Gasteiger partial charge on any atom is -0.339 e. The summed E-state index contributed by atoms with van der Waals surface area (Å²) in [5.74, 6) is 0.456. The Hall–Kier alpha value is -4.20. The number of carbonyl (C=O) groups excluding carboxylic acids is 2. The molecule has 34 heavy (non-hydrogen) atoms. The molecule has 172 valence electrons. The smallest absolute Gasteiger partial charge is 0.253 e. The summed E-state index contributed by atoms with van der Waals surface area (Å²) >= 11 is 0. The first-order valence-electron chi connectivity index (χ1n) is 11.5. The van der Waals surface area contributed by atoms with E-state index in [-0.39, 0.29) is 11.8 Å². The van der Waals surface area contributed by atoms with E-state index >= 15 is 0 Å². The molecule has 1 saturated heterocycles. The third-order valence-corrected chi connectivity index (χ3v) is 5.89. The van der Waals surface area contributed by atoms with E-state index in [0.717, 1.165) is 48.6 Å². The molecule has 0 atom stereocenters. The van der Waals surface area contributed by atoms with Crippen molar-refractivity contribution in [3.63, 3.8) is 0 Å². The van der Waals surface area contributed by atoms with E-state index in [1.54, 1.807) is 4.52 Å². The molecular weight excluding hydrogens is 428 g/mol. The fraction of sp³-hybridized carbons (Fsp3) is 0.231. The maximum atomic E-state index is 12.8. The zero-order valence-electron chi connectivity index (χ0n) is 19.0. The first-order valence-corrected chi connectivity index (χ1v) is 11.5. The van der Waals surface area contributed by atoms with Gasteiger partial charge in [-0.25, -0.2) is 4.52 Å². The Balaban J connectivity index is 1.36. The maximum Gasteiger partial charge on any atom is 0.253 e. The van der Waals surface area contributed by atoms with Crippen LogP contribution in [0.25, 0.3) is 16.9 Å². The summed E-state index contributed by atoms with van der Waals surface area (Å²) in [7, 11) is 0. The van der Waals surface area contributed by atoms with E-state index in [0.29, 0.717) is 17.2 Å². The molecule has 0 spiro atoms. The highest BCUT2D eigenvalue weighted by molar-refractivity contribution is 5.94. The third kappa shape index (κ3) is 4.61. The van der Waals surface area contributed by atoms with Crippen molar-refractivity contribution in [2.75, 3.05) is 23.7 Å². The highest BCUT2D eigenvalue weighted by Gasteiger charge is 2.18. The van der Waals surface area contributed by atoms with E-state index in [1.807, 2.05) is 71.6 Å². The lowest BCUT2D eigenvalue weighted by Crippen LogP contribution is -2.35. The molecule has 2 amide bonds. The molecule has 2 N–H and O–H groups in total. The van der Waals surface area contributed by atoms with Crippen molar-refractivity contribution in [3.8, 4) is 11.3 Å². The normalized spacial score (nSPS) is 13.6. The van der Waals surface area contributed by atoms with Crippen molar-refractivity contribution in [1.29, 1.82) is 0 Å². The summed E-state index contributed by atoms with van der Waals surface area (Å²) in [6, 6.07) is 20.9. The lowest BCUT2D eigenvalue weighted by atomic mass is 10.1. The fourth-order valence-corrected chi connectivity index (χ4v) is 4.21. The molecule has 8 heteroatoms. The van der Waals surface area contributed by atoms with Crippen LogP contribution in [-0.4, -0.2) is 44.4 Å². The maximum absolute atomic E-state index is 12.8. The van der Waals surface area contributed by atoms with E-state index in [4.69, 9.17) is 0 Å². The zero-order chi connectivity index (χ0) is 23.5. The van der Waals surface area contributed by atoms with Crippen LogP contribution < -0.4 is 10.6 Å². The van der Waals surface area contributed by atoms with Gasteiger partial charge in [-0.05, 0) is 67.8 Å². The lowest BCUT2D eigenvalue weighted by Gasteiger charge is -2.26. The molecule has 0 bridgehead atoms. The Bertz CT molecular complexity index is 1320. The molecule has 0 saturated carbocycles. The minimum atomic E-state index is -0.112. The third-order valence-electron chi connectivity index (χ3n) is 5.89. The van der Waals surface area contributed by atoms with E-state index in [9.17, 15) is 9.59 Å². The van der Waals surface area contributed by atoms with Gasteiger partial charge in [0.1, 0.15) is 0 Å². The lowest BCUT2D eigenvalue weighted by molar-refractivity contribution is -0.114. The minimum absolute atomic E-state index is 0.0984. The summed E-state index contributed by atoms with van der Waals surface area (Å²) in [6.45, 7) is 3.15. The second-order valence-corrected chi connectivity index (χ2v) is 8.43. The molecule has 1 aliphatic heterocycles. The van der Waals surface area contributed by atoms with Crippen LogP contribution in [0.15, 0.2) is 66.7 Å². The number of carbonyl (C=O) groups is 2. The summed E-state index contributed by atoms with van der Waals surface area (Å²) in [4.78, 5) is 30.5. The van der Waals surface area contributed by atoms with Crippen molar-refractivity contribution >= 4 is 34.8 Å². The average molecular weight is 455 g/mol. The Labute approximate surface area is 197 Å². The van der Waals surface area contributed by atoms with Crippen LogP contribution in [-0.2, 0) is 4.79 Å². The van der Waals surface area contributed by atoms with Gasteiger partial charge in [0.25, 0.3) is 5.91 Å². The summed E-state index contributed by atoms with van der Waals surface area (Å²) in [5, 5.41) is 10.6. The number of anilines is 3. The van der Waals surface area contributed by atoms with Crippen LogP contribution in [0.2, 0.25) is 0 Å². The van der Waals surface area contributed by atoms with Crippen molar-refractivity contribution in [2.24, 2.45) is 0 Å². The van der Waals surface area contributed by atoms with Crippen LogP contribution in [0.4, 0.5) is 17.3 Å². The number of aromatic nitrogens is 3. The number of likely N-dealkylation sites (tertiary alicyclic amines) is 1. The number of nitrogens with one attached hydrogen (secondary N) is 2. The van der Waals surface area contributed by atoms with Crippen LogP contribution in [0.3, 0.4) is 0 Å². The van der Waals surface area contributed by atoms with E-state index < -0.39 is 0 Å². The van der Waals surface area contributed by atoms with Gasteiger partial charge in [-0.15, -0.1) is 5.10 Å². The fourth-order valence-electron chi connectivity index (χ4n) is 4.21. The number of pyridine rings is 1. The molecule has 5 rings (SSSR count). The molecular formula is C26H26N6O2. The second-order valence-electron chi connectivity index (χ2n) is 8.43. The molecule has 0 radical (unpaired) electrons. The van der Waals surface area contributed by atoms with Gasteiger partial charge in [0, 0.05) is 42.5 Å². The van der Waals surface area contributed by atoms with Crippen LogP contribution in [0, 0.1) is 0 Å². The number of amides is 2. The van der Waals surface area contributed by atoms with Crippen molar-refractivity contribution in [1.82, 2.24) is 19.5 Å². The van der Waals surface area contributed by atoms with Crippen LogP contribution in [0.1, 0.15) is 36.5 Å². The average Bonchev–Trinajstić information content (AvgIpc) is 3.28. The number of piperidine rings is 1. The molecule has 2 aromatic heterocycles. The molecule has 8 nitrogen and oxygen atoms in total. The largest absolute Gasteiger partial charge is 0.339 e. The number of hydrogen-bond donors (Lipinski definition) is 2. The number of benzene rings is 2. The molecule has 0 aliphatic carbocycles. The number of fused-ring (bicyclic) bond motifs is 1. The summed E-state index contributed by atoms with van der Waals surface area (Å²) in [6.07, 6.45) is 3.35. The number of nitrogens with zero attached hydrogens (tertiary/aromatic N) is 4. The first kappa shape index (κ1) is 21.6. The predicted molar refractivity (Wildman–Crippen MR) is 132 cm³/mol.